The Labute approximate surface area is 182 Å². The van der Waals surface area contributed by atoms with Crippen molar-refractivity contribution < 1.29 is 0 Å². The molecule has 0 amide bonds. The van der Waals surface area contributed by atoms with Crippen LogP contribution in [0, 0.1) is 18.3 Å². The largest absolute Gasteiger partial charge is 0.287 e. The Hall–Kier alpha value is -2.84. The van der Waals surface area contributed by atoms with Gasteiger partial charge < -0.3 is 0 Å². The third-order valence-corrected chi connectivity index (χ3v) is 5.32. The highest BCUT2D eigenvalue weighted by Crippen LogP contribution is 2.38. The van der Waals surface area contributed by atoms with Crippen LogP contribution in [-0.4, -0.2) is 14.5 Å². The van der Waals surface area contributed by atoms with Crippen LogP contribution >= 0.6 is 34.8 Å². The molecule has 4 rings (SSSR count). The number of imidazole rings is 1. The van der Waals surface area contributed by atoms with Crippen molar-refractivity contribution in [2.45, 2.75) is 6.92 Å². The van der Waals surface area contributed by atoms with Gasteiger partial charge in [-0.2, -0.15) is 5.26 Å². The highest BCUT2D eigenvalue weighted by Gasteiger charge is 2.19. The van der Waals surface area contributed by atoms with Gasteiger partial charge in [-0.15, -0.1) is 0 Å². The van der Waals surface area contributed by atoms with E-state index in [1.54, 1.807) is 41.2 Å². The highest BCUT2D eigenvalue weighted by molar-refractivity contribution is 6.36. The molecule has 0 aliphatic rings. The van der Waals surface area contributed by atoms with Gasteiger partial charge in [0.1, 0.15) is 11.9 Å². The summed E-state index contributed by atoms with van der Waals surface area (Å²) >= 11 is 18.6. The Morgan fingerprint density at radius 3 is 2.28 bits per heavy atom. The summed E-state index contributed by atoms with van der Waals surface area (Å²) in [6, 6.07) is 16.7. The van der Waals surface area contributed by atoms with Gasteiger partial charge in [-0.1, -0.05) is 46.9 Å². The van der Waals surface area contributed by atoms with Gasteiger partial charge in [0.25, 0.3) is 0 Å². The Morgan fingerprint density at radius 2 is 1.66 bits per heavy atom. The second kappa shape index (κ2) is 7.88. The summed E-state index contributed by atoms with van der Waals surface area (Å²) in [5.41, 5.74) is 3.41. The number of benzene rings is 2. The Bertz CT molecular complexity index is 1250. The second-order valence-corrected chi connectivity index (χ2v) is 7.62. The van der Waals surface area contributed by atoms with Crippen molar-refractivity contribution in [3.05, 3.63) is 87.4 Å². The number of hydrogen-bond acceptors (Lipinski definition) is 3. The van der Waals surface area contributed by atoms with E-state index in [0.29, 0.717) is 37.7 Å². The summed E-state index contributed by atoms with van der Waals surface area (Å²) in [6.07, 6.45) is 3.44. The maximum Gasteiger partial charge on any atom is 0.156 e. The van der Waals surface area contributed by atoms with Crippen LogP contribution in [0.25, 0.3) is 28.2 Å². The molecule has 142 valence electrons. The lowest BCUT2D eigenvalue weighted by atomic mass is 9.97. The van der Waals surface area contributed by atoms with Gasteiger partial charge in [0, 0.05) is 33.6 Å². The van der Waals surface area contributed by atoms with Crippen LogP contribution in [0.4, 0.5) is 0 Å². The predicted molar refractivity (Wildman–Crippen MR) is 117 cm³/mol. The van der Waals surface area contributed by atoms with Gasteiger partial charge in [-0.05, 0) is 48.9 Å². The van der Waals surface area contributed by atoms with Crippen LogP contribution in [0.5, 0.6) is 0 Å². The van der Waals surface area contributed by atoms with Crippen LogP contribution < -0.4 is 0 Å². The molecular weight excluding hydrogens is 427 g/mol. The molecule has 0 saturated heterocycles. The zero-order valence-electron chi connectivity index (χ0n) is 15.2. The van der Waals surface area contributed by atoms with E-state index in [1.165, 1.54) is 0 Å². The molecule has 4 aromatic rings. The lowest BCUT2D eigenvalue weighted by molar-refractivity contribution is 0.930. The molecule has 2 aromatic heterocycles. The normalized spacial score (nSPS) is 10.7. The quantitative estimate of drug-likeness (QED) is 0.355. The molecule has 0 aliphatic carbocycles. The highest BCUT2D eigenvalue weighted by atomic mass is 35.5. The van der Waals surface area contributed by atoms with Crippen molar-refractivity contribution in [2.75, 3.05) is 0 Å². The average Bonchev–Trinajstić information content (AvgIpc) is 3.13. The molecule has 0 radical (unpaired) electrons. The summed E-state index contributed by atoms with van der Waals surface area (Å²) in [6.45, 7) is 1.85. The van der Waals surface area contributed by atoms with Gasteiger partial charge in [-0.25, -0.2) is 9.97 Å². The van der Waals surface area contributed by atoms with E-state index < -0.39 is 0 Å². The standard InChI is InChI=1S/C22H13Cl3N4/c1-13-27-8-9-29(13)22-15(12-26)10-19(14-2-4-16(23)5-3-14)21(28-22)18-7-6-17(24)11-20(18)25/h2-11H,1H3. The minimum Gasteiger partial charge on any atom is -0.287 e. The Kier molecular flexibility index (Phi) is 5.29. The smallest absolute Gasteiger partial charge is 0.156 e. The number of aromatic nitrogens is 3. The molecule has 29 heavy (non-hydrogen) atoms. The number of halogens is 3. The zero-order chi connectivity index (χ0) is 20.5. The van der Waals surface area contributed by atoms with Crippen molar-refractivity contribution in [1.29, 1.82) is 5.26 Å². The van der Waals surface area contributed by atoms with Gasteiger partial charge in [0.2, 0.25) is 0 Å². The summed E-state index contributed by atoms with van der Waals surface area (Å²) < 4.78 is 1.78. The third-order valence-electron chi connectivity index (χ3n) is 4.52. The molecule has 0 fully saturated rings. The fourth-order valence-corrected chi connectivity index (χ4v) is 3.73. The first-order chi connectivity index (χ1) is 14.0. The molecule has 0 N–H and O–H groups in total. The second-order valence-electron chi connectivity index (χ2n) is 6.34. The first kappa shape index (κ1) is 19.5. The molecule has 0 atom stereocenters. The molecule has 0 saturated carbocycles. The van der Waals surface area contributed by atoms with Crippen LogP contribution in [-0.2, 0) is 0 Å². The van der Waals surface area contributed by atoms with Crippen molar-refractivity contribution in [3.8, 4) is 34.3 Å². The number of hydrogen-bond donors (Lipinski definition) is 0. The van der Waals surface area contributed by atoms with Crippen LogP contribution in [0.15, 0.2) is 60.9 Å². The molecule has 2 heterocycles. The van der Waals surface area contributed by atoms with Crippen molar-refractivity contribution in [3.63, 3.8) is 0 Å². The first-order valence-corrected chi connectivity index (χ1v) is 9.78. The molecule has 2 aromatic carbocycles. The van der Waals surface area contributed by atoms with E-state index in [-0.39, 0.29) is 0 Å². The van der Waals surface area contributed by atoms with Gasteiger partial charge >= 0.3 is 0 Å². The van der Waals surface area contributed by atoms with Gasteiger partial charge in [0.15, 0.2) is 5.82 Å². The lowest BCUT2D eigenvalue weighted by Gasteiger charge is -2.15. The minimum atomic E-state index is 0.421. The van der Waals surface area contributed by atoms with Gasteiger partial charge in [-0.3, -0.25) is 4.57 Å². The van der Waals surface area contributed by atoms with E-state index >= 15 is 0 Å². The molecule has 0 unspecified atom stereocenters. The van der Waals surface area contributed by atoms with Crippen LogP contribution in [0.2, 0.25) is 15.1 Å². The third kappa shape index (κ3) is 3.73. The molecular formula is C22H13Cl3N4. The Balaban J connectivity index is 2.05. The van der Waals surface area contributed by atoms with E-state index in [0.717, 1.165) is 17.0 Å². The summed E-state index contributed by atoms with van der Waals surface area (Å²) in [7, 11) is 0. The number of nitrogens with zero attached hydrogens (tertiary/aromatic N) is 4. The average molecular weight is 440 g/mol. The van der Waals surface area contributed by atoms with E-state index in [9.17, 15) is 5.26 Å². The van der Waals surface area contributed by atoms with Crippen LogP contribution in [0.1, 0.15) is 11.4 Å². The van der Waals surface area contributed by atoms with Gasteiger partial charge in [0.05, 0.1) is 16.3 Å². The van der Waals surface area contributed by atoms with Crippen molar-refractivity contribution in [2.24, 2.45) is 0 Å². The van der Waals surface area contributed by atoms with Crippen molar-refractivity contribution in [1.82, 2.24) is 14.5 Å². The number of aryl methyl sites for hydroxylation is 1. The van der Waals surface area contributed by atoms with E-state index in [4.69, 9.17) is 39.8 Å². The van der Waals surface area contributed by atoms with Crippen LogP contribution in [0.3, 0.4) is 0 Å². The van der Waals surface area contributed by atoms with E-state index in [2.05, 4.69) is 11.1 Å². The Morgan fingerprint density at radius 1 is 0.931 bits per heavy atom. The number of pyridine rings is 1. The molecule has 0 spiro atoms. The maximum atomic E-state index is 9.79. The monoisotopic (exact) mass is 438 g/mol. The molecule has 0 bridgehead atoms. The lowest BCUT2D eigenvalue weighted by Crippen LogP contribution is -2.05. The topological polar surface area (TPSA) is 54.5 Å². The first-order valence-electron chi connectivity index (χ1n) is 8.65. The summed E-state index contributed by atoms with van der Waals surface area (Å²) in [5.74, 6) is 1.21. The minimum absolute atomic E-state index is 0.421. The zero-order valence-corrected chi connectivity index (χ0v) is 17.5. The van der Waals surface area contributed by atoms with Crippen molar-refractivity contribution >= 4 is 34.8 Å². The maximum absolute atomic E-state index is 9.79. The molecule has 4 nitrogen and oxygen atoms in total. The number of rotatable bonds is 3. The predicted octanol–water partition coefficient (Wildman–Crippen LogP) is 6.74. The molecule has 0 aliphatic heterocycles. The summed E-state index contributed by atoms with van der Waals surface area (Å²) in [5, 5.41) is 11.4. The molecule has 7 heteroatoms. The van der Waals surface area contributed by atoms with E-state index in [1.807, 2.05) is 31.2 Å². The number of nitriles is 1. The fourth-order valence-electron chi connectivity index (χ4n) is 3.11. The SMILES string of the molecule is Cc1nccn1-c1nc(-c2ccc(Cl)cc2Cl)c(-c2ccc(Cl)cc2)cc1C#N. The fraction of sp³-hybridized carbons (Fsp3) is 0.0455. The summed E-state index contributed by atoms with van der Waals surface area (Å²) in [4.78, 5) is 9.09.